The Balaban J connectivity index is 2.47. The van der Waals surface area contributed by atoms with E-state index in [1.54, 1.807) is 6.08 Å². The molecule has 1 aromatic carbocycles. The average Bonchev–Trinajstić information content (AvgIpc) is 2.63. The Morgan fingerprint density at radius 3 is 2.56 bits per heavy atom. The average molecular weight is 242 g/mol. The fourth-order valence-corrected chi connectivity index (χ4v) is 1.87. The van der Waals surface area contributed by atoms with Gasteiger partial charge in [-0.1, -0.05) is 18.2 Å². The minimum Gasteiger partial charge on any atom is -0.478 e. The standard InChI is InChI=1S/C14H14N2O2/c1-10-13(8-9-14(17)18)11(2)16(15-10)12-6-4-3-5-7-12/h3-9H,1-2H3,(H,17,18)/b9-8-. The number of carboxylic acids is 1. The third kappa shape index (κ3) is 2.32. The molecule has 4 heteroatoms. The van der Waals surface area contributed by atoms with Crippen molar-refractivity contribution in [1.29, 1.82) is 0 Å². The fourth-order valence-electron chi connectivity index (χ4n) is 1.87. The quantitative estimate of drug-likeness (QED) is 0.842. The number of carboxylic acid groups (broad SMARTS) is 1. The molecule has 0 aliphatic heterocycles. The van der Waals surface area contributed by atoms with Gasteiger partial charge in [0.1, 0.15) is 0 Å². The summed E-state index contributed by atoms with van der Waals surface area (Å²) in [5, 5.41) is 13.1. The lowest BCUT2D eigenvalue weighted by molar-refractivity contribution is -0.131. The first-order valence-electron chi connectivity index (χ1n) is 5.62. The number of aromatic nitrogens is 2. The summed E-state index contributed by atoms with van der Waals surface area (Å²) >= 11 is 0. The summed E-state index contributed by atoms with van der Waals surface area (Å²) in [5.74, 6) is -0.957. The molecule has 0 aliphatic rings. The lowest BCUT2D eigenvalue weighted by Crippen LogP contribution is -1.98. The number of benzene rings is 1. The molecule has 0 aliphatic carbocycles. The molecule has 2 rings (SSSR count). The summed E-state index contributed by atoms with van der Waals surface area (Å²) in [4.78, 5) is 10.6. The molecule has 0 atom stereocenters. The van der Waals surface area contributed by atoms with Crippen LogP contribution in [0.2, 0.25) is 0 Å². The minimum absolute atomic E-state index is 0.814. The highest BCUT2D eigenvalue weighted by Crippen LogP contribution is 2.18. The van der Waals surface area contributed by atoms with E-state index in [0.717, 1.165) is 28.7 Å². The van der Waals surface area contributed by atoms with Crippen LogP contribution < -0.4 is 0 Å². The molecule has 1 aromatic heterocycles. The maximum absolute atomic E-state index is 10.6. The predicted molar refractivity (Wildman–Crippen MR) is 69.7 cm³/mol. The smallest absolute Gasteiger partial charge is 0.328 e. The molecule has 0 radical (unpaired) electrons. The fraction of sp³-hybridized carbons (Fsp3) is 0.143. The van der Waals surface area contributed by atoms with Crippen molar-refractivity contribution < 1.29 is 9.90 Å². The van der Waals surface area contributed by atoms with Gasteiger partial charge >= 0.3 is 5.97 Å². The van der Waals surface area contributed by atoms with E-state index in [1.807, 2.05) is 48.9 Å². The third-order valence-corrected chi connectivity index (χ3v) is 2.74. The Labute approximate surface area is 105 Å². The van der Waals surface area contributed by atoms with Gasteiger partial charge in [0.15, 0.2) is 0 Å². The molecule has 0 bridgehead atoms. The van der Waals surface area contributed by atoms with Crippen molar-refractivity contribution in [2.75, 3.05) is 0 Å². The second kappa shape index (κ2) is 4.87. The molecular formula is C14H14N2O2. The van der Waals surface area contributed by atoms with Crippen molar-refractivity contribution in [1.82, 2.24) is 9.78 Å². The molecule has 1 heterocycles. The Hall–Kier alpha value is -2.36. The van der Waals surface area contributed by atoms with Crippen LogP contribution in [0.5, 0.6) is 0 Å². The zero-order valence-corrected chi connectivity index (χ0v) is 10.3. The summed E-state index contributed by atoms with van der Waals surface area (Å²) in [6, 6.07) is 9.76. The van der Waals surface area contributed by atoms with Crippen LogP contribution in [0.15, 0.2) is 36.4 Å². The van der Waals surface area contributed by atoms with Gasteiger partial charge in [-0.2, -0.15) is 5.10 Å². The zero-order valence-electron chi connectivity index (χ0n) is 10.3. The number of carbonyl (C=O) groups is 1. The van der Waals surface area contributed by atoms with Gasteiger partial charge in [-0.15, -0.1) is 0 Å². The third-order valence-electron chi connectivity index (χ3n) is 2.74. The molecule has 0 fully saturated rings. The van der Waals surface area contributed by atoms with E-state index >= 15 is 0 Å². The predicted octanol–water partition coefficient (Wildman–Crippen LogP) is 2.59. The van der Waals surface area contributed by atoms with E-state index in [-0.39, 0.29) is 0 Å². The number of hydrogen-bond donors (Lipinski definition) is 1. The first-order chi connectivity index (χ1) is 8.59. The van der Waals surface area contributed by atoms with Crippen LogP contribution in [0.4, 0.5) is 0 Å². The highest BCUT2D eigenvalue weighted by molar-refractivity contribution is 5.85. The molecule has 0 saturated carbocycles. The first kappa shape index (κ1) is 12.1. The summed E-state index contributed by atoms with van der Waals surface area (Å²) < 4.78 is 1.82. The van der Waals surface area contributed by atoms with Gasteiger partial charge in [0, 0.05) is 17.3 Å². The van der Waals surface area contributed by atoms with Gasteiger partial charge in [0.05, 0.1) is 11.4 Å². The Morgan fingerprint density at radius 2 is 1.94 bits per heavy atom. The Morgan fingerprint density at radius 1 is 1.28 bits per heavy atom. The maximum Gasteiger partial charge on any atom is 0.328 e. The van der Waals surface area contributed by atoms with Crippen LogP contribution in [-0.4, -0.2) is 20.9 Å². The van der Waals surface area contributed by atoms with E-state index in [1.165, 1.54) is 0 Å². The monoisotopic (exact) mass is 242 g/mol. The number of rotatable bonds is 3. The SMILES string of the molecule is Cc1nn(-c2ccccc2)c(C)c1/C=C\C(=O)O. The number of aryl methyl sites for hydroxylation is 1. The second-order valence-electron chi connectivity index (χ2n) is 4.00. The van der Waals surface area contributed by atoms with Crippen molar-refractivity contribution in [3.8, 4) is 5.69 Å². The van der Waals surface area contributed by atoms with Crippen molar-refractivity contribution in [3.05, 3.63) is 53.4 Å². The van der Waals surface area contributed by atoms with Crippen LogP contribution >= 0.6 is 0 Å². The van der Waals surface area contributed by atoms with Crippen molar-refractivity contribution in [2.24, 2.45) is 0 Å². The van der Waals surface area contributed by atoms with Crippen molar-refractivity contribution >= 4 is 12.0 Å². The normalized spacial score (nSPS) is 11.0. The molecule has 1 N–H and O–H groups in total. The molecule has 0 spiro atoms. The van der Waals surface area contributed by atoms with Crippen LogP contribution in [0.25, 0.3) is 11.8 Å². The molecule has 4 nitrogen and oxygen atoms in total. The van der Waals surface area contributed by atoms with Gasteiger partial charge in [-0.25, -0.2) is 9.48 Å². The van der Waals surface area contributed by atoms with Gasteiger partial charge in [-0.05, 0) is 32.1 Å². The van der Waals surface area contributed by atoms with E-state index in [9.17, 15) is 4.79 Å². The molecule has 0 unspecified atom stereocenters. The number of hydrogen-bond acceptors (Lipinski definition) is 2. The van der Waals surface area contributed by atoms with Gasteiger partial charge in [-0.3, -0.25) is 0 Å². The molecule has 92 valence electrons. The van der Waals surface area contributed by atoms with Gasteiger partial charge in [0.2, 0.25) is 0 Å². The van der Waals surface area contributed by atoms with Crippen molar-refractivity contribution in [2.45, 2.75) is 13.8 Å². The lowest BCUT2D eigenvalue weighted by atomic mass is 10.2. The molecule has 0 amide bonds. The summed E-state index contributed by atoms with van der Waals surface area (Å²) in [6.07, 6.45) is 2.71. The van der Waals surface area contributed by atoms with E-state index in [4.69, 9.17) is 5.11 Å². The van der Waals surface area contributed by atoms with E-state index in [2.05, 4.69) is 5.10 Å². The first-order valence-corrected chi connectivity index (χ1v) is 5.62. The lowest BCUT2D eigenvalue weighted by Gasteiger charge is -2.03. The Kier molecular flexibility index (Phi) is 3.28. The topological polar surface area (TPSA) is 55.1 Å². The van der Waals surface area contributed by atoms with Crippen LogP contribution in [0, 0.1) is 13.8 Å². The maximum atomic E-state index is 10.6. The minimum atomic E-state index is -0.957. The van der Waals surface area contributed by atoms with E-state index < -0.39 is 5.97 Å². The second-order valence-corrected chi connectivity index (χ2v) is 4.00. The Bertz CT molecular complexity index is 598. The van der Waals surface area contributed by atoms with Crippen LogP contribution in [0.3, 0.4) is 0 Å². The summed E-state index contributed by atoms with van der Waals surface area (Å²) in [5.41, 5.74) is 3.55. The molecule has 18 heavy (non-hydrogen) atoms. The number of nitrogens with zero attached hydrogens (tertiary/aromatic N) is 2. The largest absolute Gasteiger partial charge is 0.478 e. The summed E-state index contributed by atoms with van der Waals surface area (Å²) in [6.45, 7) is 3.79. The number of para-hydroxylation sites is 1. The van der Waals surface area contributed by atoms with Gasteiger partial charge in [0.25, 0.3) is 0 Å². The number of aliphatic carboxylic acids is 1. The van der Waals surface area contributed by atoms with Crippen molar-refractivity contribution in [3.63, 3.8) is 0 Å². The molecule has 2 aromatic rings. The molecular weight excluding hydrogens is 228 g/mol. The van der Waals surface area contributed by atoms with Gasteiger partial charge < -0.3 is 5.11 Å². The zero-order chi connectivity index (χ0) is 13.1. The summed E-state index contributed by atoms with van der Waals surface area (Å²) in [7, 11) is 0. The van der Waals surface area contributed by atoms with Crippen LogP contribution in [-0.2, 0) is 4.79 Å². The highest BCUT2D eigenvalue weighted by atomic mass is 16.4. The van der Waals surface area contributed by atoms with Crippen LogP contribution in [0.1, 0.15) is 17.0 Å². The highest BCUT2D eigenvalue weighted by Gasteiger charge is 2.10. The van der Waals surface area contributed by atoms with E-state index in [0.29, 0.717) is 0 Å². The molecule has 0 saturated heterocycles.